The summed E-state index contributed by atoms with van der Waals surface area (Å²) in [5, 5.41) is 3.30. The zero-order valence-electron chi connectivity index (χ0n) is 22.3. The van der Waals surface area contributed by atoms with Crippen LogP contribution < -0.4 is 14.4 Å². The van der Waals surface area contributed by atoms with Crippen molar-refractivity contribution in [3.05, 3.63) is 95.0 Å². The van der Waals surface area contributed by atoms with Gasteiger partial charge >= 0.3 is 0 Å². The number of rotatable bonds is 13. The molecule has 0 bridgehead atoms. The van der Waals surface area contributed by atoms with Crippen molar-refractivity contribution in [3.63, 3.8) is 0 Å². The summed E-state index contributed by atoms with van der Waals surface area (Å²) < 4.78 is 32.3. The molecule has 2 amide bonds. The number of hydrogen-bond donors (Lipinski definition) is 1. The SMILES string of the molecule is CCCNC(=O)[C@H](C)N(Cc1cccc(Cl)c1)C(=O)CN(c1ccc(OCc2ccccc2)cc1)S(C)(=O)=O. The van der Waals surface area contributed by atoms with E-state index in [-0.39, 0.29) is 12.5 Å². The van der Waals surface area contributed by atoms with Crippen LogP contribution in [0.15, 0.2) is 78.9 Å². The normalized spacial score (nSPS) is 11.9. The first-order valence-corrected chi connectivity index (χ1v) is 14.9. The number of hydrogen-bond acceptors (Lipinski definition) is 5. The van der Waals surface area contributed by atoms with Crippen molar-refractivity contribution in [1.29, 1.82) is 0 Å². The minimum absolute atomic E-state index is 0.0873. The fourth-order valence-electron chi connectivity index (χ4n) is 3.87. The molecule has 1 atom stereocenters. The summed E-state index contributed by atoms with van der Waals surface area (Å²) in [4.78, 5) is 27.7. The van der Waals surface area contributed by atoms with E-state index in [0.717, 1.165) is 28.1 Å². The number of halogens is 1. The van der Waals surface area contributed by atoms with Gasteiger partial charge in [0.25, 0.3) is 0 Å². The van der Waals surface area contributed by atoms with Crippen LogP contribution in [-0.2, 0) is 32.8 Å². The predicted octanol–water partition coefficient (Wildman–Crippen LogP) is 4.63. The van der Waals surface area contributed by atoms with Gasteiger partial charge in [-0.05, 0) is 60.9 Å². The second-order valence-corrected chi connectivity index (χ2v) is 11.5. The Bertz CT molecular complexity index is 1350. The third-order valence-electron chi connectivity index (χ3n) is 6.01. The first kappa shape index (κ1) is 30.0. The Morgan fingerprint density at radius 3 is 2.26 bits per heavy atom. The number of benzene rings is 3. The number of amides is 2. The fourth-order valence-corrected chi connectivity index (χ4v) is 4.94. The summed E-state index contributed by atoms with van der Waals surface area (Å²) in [5.41, 5.74) is 2.03. The molecule has 0 saturated carbocycles. The van der Waals surface area contributed by atoms with E-state index in [1.54, 1.807) is 55.5 Å². The minimum Gasteiger partial charge on any atom is -0.489 e. The van der Waals surface area contributed by atoms with E-state index in [2.05, 4.69) is 5.32 Å². The third-order valence-corrected chi connectivity index (χ3v) is 7.39. The van der Waals surface area contributed by atoms with Crippen LogP contribution in [0.2, 0.25) is 5.02 Å². The van der Waals surface area contributed by atoms with Crippen molar-refractivity contribution in [2.24, 2.45) is 0 Å². The van der Waals surface area contributed by atoms with Crippen molar-refractivity contribution >= 4 is 39.1 Å². The van der Waals surface area contributed by atoms with Crippen LogP contribution in [0.3, 0.4) is 0 Å². The summed E-state index contributed by atoms with van der Waals surface area (Å²) in [7, 11) is -3.83. The lowest BCUT2D eigenvalue weighted by Crippen LogP contribution is -2.51. The Labute approximate surface area is 235 Å². The van der Waals surface area contributed by atoms with E-state index in [1.807, 2.05) is 37.3 Å². The van der Waals surface area contributed by atoms with Gasteiger partial charge in [-0.3, -0.25) is 13.9 Å². The number of nitrogens with zero attached hydrogens (tertiary/aromatic N) is 2. The topological polar surface area (TPSA) is 96.0 Å². The van der Waals surface area contributed by atoms with Crippen molar-refractivity contribution in [1.82, 2.24) is 10.2 Å². The Hall–Kier alpha value is -3.56. The first-order chi connectivity index (χ1) is 18.6. The smallest absolute Gasteiger partial charge is 0.244 e. The number of sulfonamides is 1. The second kappa shape index (κ2) is 14.0. The van der Waals surface area contributed by atoms with E-state index < -0.39 is 28.5 Å². The predicted molar refractivity (Wildman–Crippen MR) is 154 cm³/mol. The molecule has 0 aliphatic rings. The highest BCUT2D eigenvalue weighted by Gasteiger charge is 2.30. The molecular formula is C29H34ClN3O5S. The first-order valence-electron chi connectivity index (χ1n) is 12.6. The molecule has 0 aliphatic heterocycles. The number of anilines is 1. The zero-order valence-corrected chi connectivity index (χ0v) is 23.9. The van der Waals surface area contributed by atoms with Gasteiger partial charge in [0.05, 0.1) is 11.9 Å². The maximum Gasteiger partial charge on any atom is 0.244 e. The molecule has 3 aromatic carbocycles. The van der Waals surface area contributed by atoms with Gasteiger partial charge in [0.2, 0.25) is 21.8 Å². The lowest BCUT2D eigenvalue weighted by atomic mass is 10.1. The average Bonchev–Trinajstić information content (AvgIpc) is 2.92. The fraction of sp³-hybridized carbons (Fsp3) is 0.310. The van der Waals surface area contributed by atoms with Gasteiger partial charge in [0.1, 0.15) is 24.9 Å². The van der Waals surface area contributed by atoms with Crippen LogP contribution >= 0.6 is 11.6 Å². The second-order valence-electron chi connectivity index (χ2n) is 9.16. The Balaban J connectivity index is 1.81. The monoisotopic (exact) mass is 571 g/mol. The third kappa shape index (κ3) is 9.01. The molecule has 3 rings (SSSR count). The van der Waals surface area contributed by atoms with Crippen molar-refractivity contribution in [3.8, 4) is 5.75 Å². The van der Waals surface area contributed by atoms with Crippen LogP contribution in [0, 0.1) is 0 Å². The number of nitrogens with one attached hydrogen (secondary N) is 1. The van der Waals surface area contributed by atoms with Crippen molar-refractivity contribution < 1.29 is 22.7 Å². The minimum atomic E-state index is -3.83. The van der Waals surface area contributed by atoms with Crippen molar-refractivity contribution in [2.75, 3.05) is 23.7 Å². The van der Waals surface area contributed by atoms with Gasteiger partial charge in [-0.25, -0.2) is 8.42 Å². The molecule has 8 nitrogen and oxygen atoms in total. The van der Waals surface area contributed by atoms with Gasteiger partial charge in [0.15, 0.2) is 0 Å². The molecule has 0 aromatic heterocycles. The lowest BCUT2D eigenvalue weighted by molar-refractivity contribution is -0.139. The van der Waals surface area contributed by atoms with Crippen LogP contribution in [0.5, 0.6) is 5.75 Å². The molecule has 0 radical (unpaired) electrons. The van der Waals surface area contributed by atoms with Gasteiger partial charge in [-0.15, -0.1) is 0 Å². The number of ether oxygens (including phenoxy) is 1. The molecular weight excluding hydrogens is 538 g/mol. The molecule has 10 heteroatoms. The van der Waals surface area contributed by atoms with Crippen LogP contribution in [0.25, 0.3) is 0 Å². The van der Waals surface area contributed by atoms with Crippen molar-refractivity contribution in [2.45, 2.75) is 39.5 Å². The molecule has 3 aromatic rings. The van der Waals surface area contributed by atoms with E-state index in [4.69, 9.17) is 16.3 Å². The highest BCUT2D eigenvalue weighted by atomic mass is 35.5. The maximum absolute atomic E-state index is 13.6. The largest absolute Gasteiger partial charge is 0.489 e. The van der Waals surface area contributed by atoms with Crippen LogP contribution in [0.1, 0.15) is 31.4 Å². The summed E-state index contributed by atoms with van der Waals surface area (Å²) in [6.07, 6.45) is 1.78. The molecule has 0 aliphatic carbocycles. The van der Waals surface area contributed by atoms with E-state index in [1.165, 1.54) is 4.90 Å². The molecule has 0 unspecified atom stereocenters. The summed E-state index contributed by atoms with van der Waals surface area (Å²) in [5.74, 6) is -0.284. The molecule has 39 heavy (non-hydrogen) atoms. The summed E-state index contributed by atoms with van der Waals surface area (Å²) in [6, 6.07) is 22.3. The summed E-state index contributed by atoms with van der Waals surface area (Å²) in [6.45, 7) is 4.00. The average molecular weight is 572 g/mol. The van der Waals surface area contributed by atoms with E-state index >= 15 is 0 Å². The molecule has 208 valence electrons. The quantitative estimate of drug-likeness (QED) is 0.323. The van der Waals surface area contributed by atoms with Gasteiger partial charge in [-0.1, -0.05) is 61.0 Å². The van der Waals surface area contributed by atoms with E-state index in [9.17, 15) is 18.0 Å². The molecule has 0 saturated heterocycles. The van der Waals surface area contributed by atoms with Gasteiger partial charge in [0, 0.05) is 18.1 Å². The maximum atomic E-state index is 13.6. The zero-order chi connectivity index (χ0) is 28.4. The Morgan fingerprint density at radius 1 is 0.974 bits per heavy atom. The molecule has 0 spiro atoms. The van der Waals surface area contributed by atoms with Gasteiger partial charge in [-0.2, -0.15) is 0 Å². The lowest BCUT2D eigenvalue weighted by Gasteiger charge is -2.31. The van der Waals surface area contributed by atoms with E-state index in [0.29, 0.717) is 29.6 Å². The number of carbonyl (C=O) groups excluding carboxylic acids is 2. The molecule has 1 N–H and O–H groups in total. The highest BCUT2D eigenvalue weighted by Crippen LogP contribution is 2.23. The van der Waals surface area contributed by atoms with Crippen LogP contribution in [0.4, 0.5) is 5.69 Å². The molecule has 0 fully saturated rings. The molecule has 0 heterocycles. The standard InChI is InChI=1S/C29H34ClN3O5S/c1-4-17-31-29(35)22(2)32(19-24-11-8-12-25(30)18-24)28(34)20-33(39(3,36)37)26-13-15-27(16-14-26)38-21-23-9-6-5-7-10-23/h5-16,18,22H,4,17,19-21H2,1-3H3,(H,31,35)/t22-/m0/s1. The highest BCUT2D eigenvalue weighted by molar-refractivity contribution is 7.92. The summed E-state index contributed by atoms with van der Waals surface area (Å²) >= 11 is 6.13. The number of carbonyl (C=O) groups is 2. The Kier molecular flexibility index (Phi) is 10.8. The Morgan fingerprint density at radius 2 is 1.64 bits per heavy atom. The van der Waals surface area contributed by atoms with Crippen LogP contribution in [-0.4, -0.2) is 50.5 Å². The van der Waals surface area contributed by atoms with Gasteiger partial charge < -0.3 is 15.0 Å².